The lowest BCUT2D eigenvalue weighted by Gasteiger charge is -2.10. The molecular weight excluding hydrogens is 174 g/mol. The topological polar surface area (TPSA) is 29.1 Å². The molecule has 1 aromatic carbocycles. The largest absolute Gasteiger partial charge is 0.384 e. The number of Topliss-reactive ketones (excluding diaryl/α,β-unsaturated/α-hetero) is 1. The molecule has 2 nitrogen and oxygen atoms in total. The molecule has 0 atom stereocenters. The van der Waals surface area contributed by atoms with Crippen molar-refractivity contribution >= 4 is 11.5 Å². The molecule has 74 valence electrons. The van der Waals surface area contributed by atoms with Crippen LogP contribution in [0.25, 0.3) is 0 Å². The average Bonchev–Trinajstić information content (AvgIpc) is 2.27. The van der Waals surface area contributed by atoms with Gasteiger partial charge in [-0.05, 0) is 37.5 Å². The molecule has 1 aliphatic heterocycles. The van der Waals surface area contributed by atoms with Crippen LogP contribution in [0.3, 0.4) is 0 Å². The molecule has 1 aliphatic rings. The number of carbonyl (C=O) groups excluding carboxylic acids is 1. The highest BCUT2D eigenvalue weighted by atomic mass is 16.1. The van der Waals surface area contributed by atoms with Gasteiger partial charge in [0.1, 0.15) is 0 Å². The predicted octanol–water partition coefficient (Wildman–Crippen LogP) is 2.69. The summed E-state index contributed by atoms with van der Waals surface area (Å²) < 4.78 is 0. The number of aryl methyl sites for hydroxylation is 2. The van der Waals surface area contributed by atoms with Crippen LogP contribution in [0.4, 0.5) is 5.69 Å². The van der Waals surface area contributed by atoms with Gasteiger partial charge in [-0.1, -0.05) is 6.07 Å². The molecule has 0 aliphatic carbocycles. The van der Waals surface area contributed by atoms with E-state index in [0.29, 0.717) is 6.42 Å². The first-order valence-electron chi connectivity index (χ1n) is 5.07. The van der Waals surface area contributed by atoms with Crippen molar-refractivity contribution in [3.63, 3.8) is 0 Å². The summed E-state index contributed by atoms with van der Waals surface area (Å²) in [7, 11) is 0. The maximum atomic E-state index is 11.8. The summed E-state index contributed by atoms with van der Waals surface area (Å²) in [6.45, 7) is 4.97. The minimum absolute atomic E-state index is 0.280. The molecule has 0 radical (unpaired) electrons. The third kappa shape index (κ3) is 1.52. The van der Waals surface area contributed by atoms with Crippen LogP contribution in [-0.2, 0) is 0 Å². The van der Waals surface area contributed by atoms with Crippen molar-refractivity contribution in [3.05, 3.63) is 28.8 Å². The van der Waals surface area contributed by atoms with Gasteiger partial charge < -0.3 is 5.32 Å². The van der Waals surface area contributed by atoms with Crippen molar-refractivity contribution in [2.24, 2.45) is 0 Å². The molecule has 14 heavy (non-hydrogen) atoms. The van der Waals surface area contributed by atoms with Crippen LogP contribution in [0.1, 0.15) is 34.3 Å². The molecule has 0 saturated carbocycles. The van der Waals surface area contributed by atoms with Crippen LogP contribution in [-0.4, -0.2) is 12.3 Å². The van der Waals surface area contributed by atoms with Crippen molar-refractivity contribution in [2.45, 2.75) is 26.7 Å². The van der Waals surface area contributed by atoms with E-state index in [9.17, 15) is 4.79 Å². The Bertz CT molecular complexity index is 382. The van der Waals surface area contributed by atoms with Crippen molar-refractivity contribution in [1.29, 1.82) is 0 Å². The Kier molecular flexibility index (Phi) is 2.28. The van der Waals surface area contributed by atoms with Crippen molar-refractivity contribution in [3.8, 4) is 0 Å². The molecule has 2 rings (SSSR count). The number of nitrogens with one attached hydrogen (secondary N) is 1. The summed E-state index contributed by atoms with van der Waals surface area (Å²) in [5, 5.41) is 3.32. The quantitative estimate of drug-likeness (QED) is 0.679. The second-order valence-electron chi connectivity index (χ2n) is 3.96. The Balaban J connectivity index is 2.58. The zero-order chi connectivity index (χ0) is 10.1. The summed E-state index contributed by atoms with van der Waals surface area (Å²) in [5.74, 6) is 0.280. The molecule has 1 heterocycles. The summed E-state index contributed by atoms with van der Waals surface area (Å²) in [6, 6.07) is 4.13. The second-order valence-corrected chi connectivity index (χ2v) is 3.96. The number of rotatable bonds is 0. The molecule has 0 unspecified atom stereocenters. The Labute approximate surface area is 84.3 Å². The standard InChI is InChI=1S/C12H15NO/c1-8-6-9(2)12-10(7-8)13-5-3-4-11(12)14/h6-7,13H,3-5H2,1-2H3. The van der Waals surface area contributed by atoms with E-state index < -0.39 is 0 Å². The molecule has 0 fully saturated rings. The fraction of sp³-hybridized carbons (Fsp3) is 0.417. The van der Waals surface area contributed by atoms with Gasteiger partial charge in [0.25, 0.3) is 0 Å². The zero-order valence-electron chi connectivity index (χ0n) is 8.68. The number of anilines is 1. The van der Waals surface area contributed by atoms with Gasteiger partial charge in [-0.15, -0.1) is 0 Å². The fourth-order valence-electron chi connectivity index (χ4n) is 2.07. The second kappa shape index (κ2) is 3.45. The van der Waals surface area contributed by atoms with Gasteiger partial charge in [0.15, 0.2) is 5.78 Å². The highest BCUT2D eigenvalue weighted by Gasteiger charge is 2.17. The molecule has 0 saturated heterocycles. The smallest absolute Gasteiger partial charge is 0.165 e. The van der Waals surface area contributed by atoms with Gasteiger partial charge in [0.05, 0.1) is 0 Å². The van der Waals surface area contributed by atoms with Crippen LogP contribution < -0.4 is 5.32 Å². The lowest BCUT2D eigenvalue weighted by molar-refractivity contribution is 0.0983. The SMILES string of the molecule is Cc1cc(C)c2c(c1)NCCCC2=O. The van der Waals surface area contributed by atoms with Crippen LogP contribution in [0, 0.1) is 13.8 Å². The lowest BCUT2D eigenvalue weighted by Crippen LogP contribution is -2.03. The summed E-state index contributed by atoms with van der Waals surface area (Å²) in [5.41, 5.74) is 4.22. The normalized spacial score (nSPS) is 15.7. The number of benzene rings is 1. The van der Waals surface area contributed by atoms with E-state index in [0.717, 1.165) is 29.8 Å². The molecular formula is C12H15NO. The van der Waals surface area contributed by atoms with E-state index in [-0.39, 0.29) is 5.78 Å². The number of hydrogen-bond acceptors (Lipinski definition) is 2. The highest BCUT2D eigenvalue weighted by molar-refractivity contribution is 6.03. The van der Waals surface area contributed by atoms with Crippen LogP contribution in [0.15, 0.2) is 12.1 Å². The third-order valence-corrected chi connectivity index (χ3v) is 2.65. The van der Waals surface area contributed by atoms with E-state index in [1.165, 1.54) is 5.56 Å². The molecule has 0 bridgehead atoms. The van der Waals surface area contributed by atoms with E-state index in [4.69, 9.17) is 0 Å². The molecule has 0 spiro atoms. The van der Waals surface area contributed by atoms with Gasteiger partial charge in [-0.25, -0.2) is 0 Å². The van der Waals surface area contributed by atoms with Gasteiger partial charge in [0, 0.05) is 24.2 Å². The molecule has 1 aromatic rings. The summed E-state index contributed by atoms with van der Waals surface area (Å²) >= 11 is 0. The first-order chi connectivity index (χ1) is 6.68. The van der Waals surface area contributed by atoms with Gasteiger partial charge in [-0.3, -0.25) is 4.79 Å². The molecule has 0 amide bonds. The van der Waals surface area contributed by atoms with Crippen molar-refractivity contribution in [1.82, 2.24) is 0 Å². The highest BCUT2D eigenvalue weighted by Crippen LogP contribution is 2.26. The zero-order valence-corrected chi connectivity index (χ0v) is 8.68. The van der Waals surface area contributed by atoms with E-state index in [1.807, 2.05) is 6.92 Å². The summed E-state index contributed by atoms with van der Waals surface area (Å²) in [6.07, 6.45) is 1.61. The molecule has 2 heteroatoms. The minimum atomic E-state index is 0.280. The van der Waals surface area contributed by atoms with Crippen molar-refractivity contribution in [2.75, 3.05) is 11.9 Å². The molecule has 1 N–H and O–H groups in total. The van der Waals surface area contributed by atoms with E-state index in [1.54, 1.807) is 0 Å². The Morgan fingerprint density at radius 2 is 2.07 bits per heavy atom. The Morgan fingerprint density at radius 3 is 2.86 bits per heavy atom. The van der Waals surface area contributed by atoms with Gasteiger partial charge in [0.2, 0.25) is 0 Å². The number of fused-ring (bicyclic) bond motifs is 1. The summed E-state index contributed by atoms with van der Waals surface area (Å²) in [4.78, 5) is 11.8. The van der Waals surface area contributed by atoms with E-state index >= 15 is 0 Å². The number of ketones is 1. The lowest BCUT2D eigenvalue weighted by atomic mass is 9.99. The van der Waals surface area contributed by atoms with Crippen molar-refractivity contribution < 1.29 is 4.79 Å². The Hall–Kier alpha value is -1.31. The molecule has 0 aromatic heterocycles. The first-order valence-corrected chi connectivity index (χ1v) is 5.07. The van der Waals surface area contributed by atoms with Gasteiger partial charge >= 0.3 is 0 Å². The maximum Gasteiger partial charge on any atom is 0.165 e. The number of carbonyl (C=O) groups is 1. The monoisotopic (exact) mass is 189 g/mol. The van der Waals surface area contributed by atoms with Crippen LogP contribution in [0.2, 0.25) is 0 Å². The van der Waals surface area contributed by atoms with E-state index in [2.05, 4.69) is 24.4 Å². The fourth-order valence-corrected chi connectivity index (χ4v) is 2.07. The van der Waals surface area contributed by atoms with Crippen LogP contribution in [0.5, 0.6) is 0 Å². The minimum Gasteiger partial charge on any atom is -0.384 e. The number of hydrogen-bond donors (Lipinski definition) is 1. The maximum absolute atomic E-state index is 11.8. The van der Waals surface area contributed by atoms with Gasteiger partial charge in [-0.2, -0.15) is 0 Å². The Morgan fingerprint density at radius 1 is 1.29 bits per heavy atom. The first kappa shape index (κ1) is 9.25. The third-order valence-electron chi connectivity index (χ3n) is 2.65. The van der Waals surface area contributed by atoms with Crippen LogP contribution >= 0.6 is 0 Å². The average molecular weight is 189 g/mol. The predicted molar refractivity (Wildman–Crippen MR) is 58.0 cm³/mol.